The molecule has 1 atom stereocenters. The molecule has 0 amide bonds. The van der Waals surface area contributed by atoms with E-state index in [2.05, 4.69) is 15.6 Å². The van der Waals surface area contributed by atoms with E-state index in [9.17, 15) is 9.50 Å². The summed E-state index contributed by atoms with van der Waals surface area (Å²) < 4.78 is 12.9. The van der Waals surface area contributed by atoms with E-state index in [0.29, 0.717) is 25.5 Å². The van der Waals surface area contributed by atoms with Crippen LogP contribution in [0, 0.1) is 5.82 Å². The Morgan fingerprint density at radius 3 is 2.40 bits per heavy atom. The number of aliphatic hydroxyl groups excluding tert-OH is 1. The molecule has 0 saturated carbocycles. The van der Waals surface area contributed by atoms with Crippen LogP contribution in [0.3, 0.4) is 0 Å². The van der Waals surface area contributed by atoms with Crippen molar-refractivity contribution in [3.63, 3.8) is 0 Å². The third-order valence-electron chi connectivity index (χ3n) is 3.57. The molecule has 0 bridgehead atoms. The highest BCUT2D eigenvalue weighted by Gasteiger charge is 2.07. The molecule has 3 N–H and O–H groups in total. The minimum Gasteiger partial charge on any atom is -0.388 e. The molecule has 4 nitrogen and oxygen atoms in total. The van der Waals surface area contributed by atoms with Crippen molar-refractivity contribution in [1.82, 2.24) is 10.6 Å². The second-order valence-electron chi connectivity index (χ2n) is 5.46. The molecule has 0 aliphatic rings. The van der Waals surface area contributed by atoms with Crippen LogP contribution in [0.5, 0.6) is 0 Å². The summed E-state index contributed by atoms with van der Waals surface area (Å²) in [5.41, 5.74) is 1.85. The lowest BCUT2D eigenvalue weighted by Crippen LogP contribution is -2.38. The maximum atomic E-state index is 12.9. The fourth-order valence-corrected chi connectivity index (χ4v) is 2.27. The Morgan fingerprint density at radius 2 is 1.76 bits per heavy atom. The SMILES string of the molecule is CCNC(=NCc1ccc(F)cc1)NCCC(O)c1ccccc1.I. The van der Waals surface area contributed by atoms with Crippen LogP contribution in [0.25, 0.3) is 0 Å². The number of aliphatic hydroxyl groups is 1. The summed E-state index contributed by atoms with van der Waals surface area (Å²) in [6.07, 6.45) is 0.0870. The molecule has 0 radical (unpaired) electrons. The topological polar surface area (TPSA) is 56.7 Å². The number of rotatable bonds is 7. The number of hydrogen-bond acceptors (Lipinski definition) is 2. The molecule has 2 rings (SSSR count). The van der Waals surface area contributed by atoms with Crippen molar-refractivity contribution in [2.24, 2.45) is 4.99 Å². The number of halogens is 2. The minimum absolute atomic E-state index is 0. The van der Waals surface area contributed by atoms with Gasteiger partial charge in [0.25, 0.3) is 0 Å². The monoisotopic (exact) mass is 457 g/mol. The molecule has 0 saturated heterocycles. The first-order valence-corrected chi connectivity index (χ1v) is 8.18. The third kappa shape index (κ3) is 7.83. The third-order valence-corrected chi connectivity index (χ3v) is 3.57. The fraction of sp³-hybridized carbons (Fsp3) is 0.316. The lowest BCUT2D eigenvalue weighted by atomic mass is 10.1. The zero-order chi connectivity index (χ0) is 17.2. The number of hydrogen-bond donors (Lipinski definition) is 3. The number of nitrogens with one attached hydrogen (secondary N) is 2. The minimum atomic E-state index is -0.501. The molecule has 0 spiro atoms. The molecule has 0 aliphatic heterocycles. The van der Waals surface area contributed by atoms with Crippen molar-refractivity contribution in [3.05, 3.63) is 71.5 Å². The second-order valence-corrected chi connectivity index (χ2v) is 5.46. The summed E-state index contributed by atoms with van der Waals surface area (Å²) in [5, 5.41) is 16.5. The van der Waals surface area contributed by atoms with Crippen LogP contribution in [-0.4, -0.2) is 24.2 Å². The quantitative estimate of drug-likeness (QED) is 0.338. The summed E-state index contributed by atoms with van der Waals surface area (Å²) in [6.45, 7) is 3.81. The average Bonchev–Trinajstić information content (AvgIpc) is 2.61. The molecule has 1 unspecified atom stereocenters. The van der Waals surface area contributed by atoms with Gasteiger partial charge in [0.05, 0.1) is 12.6 Å². The van der Waals surface area contributed by atoms with Crippen molar-refractivity contribution in [2.45, 2.75) is 26.0 Å². The van der Waals surface area contributed by atoms with Crippen LogP contribution in [0.4, 0.5) is 4.39 Å². The summed E-state index contributed by atoms with van der Waals surface area (Å²) in [5.74, 6) is 0.435. The number of benzene rings is 2. The van der Waals surface area contributed by atoms with Gasteiger partial charge in [-0.05, 0) is 36.6 Å². The predicted molar refractivity (Wildman–Crippen MR) is 111 cm³/mol. The standard InChI is InChI=1S/C19H24FN3O.HI/c1-2-21-19(23-14-15-8-10-17(20)11-9-15)22-13-12-18(24)16-6-4-3-5-7-16;/h3-11,18,24H,2,12-14H2,1H3,(H2,21,22,23);1H. The van der Waals surface area contributed by atoms with E-state index < -0.39 is 6.10 Å². The van der Waals surface area contributed by atoms with Gasteiger partial charge in [0.1, 0.15) is 5.82 Å². The van der Waals surface area contributed by atoms with Crippen LogP contribution in [0.1, 0.15) is 30.6 Å². The first-order valence-electron chi connectivity index (χ1n) is 8.18. The van der Waals surface area contributed by atoms with Gasteiger partial charge in [-0.15, -0.1) is 24.0 Å². The molecule has 0 aliphatic carbocycles. The molecule has 2 aromatic rings. The van der Waals surface area contributed by atoms with Crippen LogP contribution in [-0.2, 0) is 6.54 Å². The van der Waals surface area contributed by atoms with Gasteiger partial charge in [0.15, 0.2) is 5.96 Å². The van der Waals surface area contributed by atoms with E-state index in [4.69, 9.17) is 0 Å². The molecule has 25 heavy (non-hydrogen) atoms. The normalized spacial score (nSPS) is 12.2. The Labute approximate surface area is 165 Å². The predicted octanol–water partition coefficient (Wildman–Crippen LogP) is 3.62. The Hall–Kier alpha value is -1.67. The summed E-state index contributed by atoms with van der Waals surface area (Å²) in [6, 6.07) is 15.9. The van der Waals surface area contributed by atoms with Gasteiger partial charge < -0.3 is 15.7 Å². The Balaban J connectivity index is 0.00000312. The Bertz CT molecular complexity index is 635. The summed E-state index contributed by atoms with van der Waals surface area (Å²) in [4.78, 5) is 4.47. The highest BCUT2D eigenvalue weighted by molar-refractivity contribution is 14.0. The van der Waals surface area contributed by atoms with Crippen LogP contribution >= 0.6 is 24.0 Å². The molecule has 136 valence electrons. The fourth-order valence-electron chi connectivity index (χ4n) is 2.27. The van der Waals surface area contributed by atoms with Crippen LogP contribution in [0.15, 0.2) is 59.6 Å². The van der Waals surface area contributed by atoms with E-state index in [1.54, 1.807) is 12.1 Å². The molecule has 2 aromatic carbocycles. The first-order chi connectivity index (χ1) is 11.7. The van der Waals surface area contributed by atoms with E-state index in [1.807, 2.05) is 37.3 Å². The zero-order valence-corrected chi connectivity index (χ0v) is 16.6. The molecule has 0 fully saturated rings. The van der Waals surface area contributed by atoms with Gasteiger partial charge in [-0.2, -0.15) is 0 Å². The molecular weight excluding hydrogens is 432 g/mol. The number of aliphatic imine (C=N–C) groups is 1. The summed E-state index contributed by atoms with van der Waals surface area (Å²) in [7, 11) is 0. The smallest absolute Gasteiger partial charge is 0.191 e. The first kappa shape index (κ1) is 21.4. The van der Waals surface area contributed by atoms with Gasteiger partial charge in [-0.25, -0.2) is 9.38 Å². The zero-order valence-electron chi connectivity index (χ0n) is 14.3. The average molecular weight is 457 g/mol. The van der Waals surface area contributed by atoms with Crippen molar-refractivity contribution >= 4 is 29.9 Å². The van der Waals surface area contributed by atoms with Crippen LogP contribution < -0.4 is 10.6 Å². The van der Waals surface area contributed by atoms with Crippen molar-refractivity contribution in [3.8, 4) is 0 Å². The number of nitrogens with zero attached hydrogens (tertiary/aromatic N) is 1. The Morgan fingerprint density at radius 1 is 1.08 bits per heavy atom. The summed E-state index contributed by atoms with van der Waals surface area (Å²) >= 11 is 0. The lowest BCUT2D eigenvalue weighted by Gasteiger charge is -2.14. The second kappa shape index (κ2) is 11.8. The maximum absolute atomic E-state index is 12.9. The molecule has 0 heterocycles. The van der Waals surface area contributed by atoms with E-state index in [0.717, 1.165) is 17.7 Å². The maximum Gasteiger partial charge on any atom is 0.191 e. The van der Waals surface area contributed by atoms with Crippen LogP contribution in [0.2, 0.25) is 0 Å². The molecule has 6 heteroatoms. The lowest BCUT2D eigenvalue weighted by molar-refractivity contribution is 0.168. The van der Waals surface area contributed by atoms with Gasteiger partial charge >= 0.3 is 0 Å². The van der Waals surface area contributed by atoms with Gasteiger partial charge in [0.2, 0.25) is 0 Å². The van der Waals surface area contributed by atoms with E-state index >= 15 is 0 Å². The molecular formula is C19H25FIN3O. The van der Waals surface area contributed by atoms with Gasteiger partial charge in [-0.1, -0.05) is 42.5 Å². The van der Waals surface area contributed by atoms with Crippen molar-refractivity contribution < 1.29 is 9.50 Å². The largest absolute Gasteiger partial charge is 0.388 e. The Kier molecular flexibility index (Phi) is 10.1. The highest BCUT2D eigenvalue weighted by atomic mass is 127. The van der Waals surface area contributed by atoms with Crippen molar-refractivity contribution in [1.29, 1.82) is 0 Å². The van der Waals surface area contributed by atoms with Crippen molar-refractivity contribution in [2.75, 3.05) is 13.1 Å². The highest BCUT2D eigenvalue weighted by Crippen LogP contribution is 2.14. The van der Waals surface area contributed by atoms with E-state index in [-0.39, 0.29) is 29.8 Å². The molecule has 0 aromatic heterocycles. The number of guanidine groups is 1. The van der Waals surface area contributed by atoms with Gasteiger partial charge in [0, 0.05) is 13.1 Å². The van der Waals surface area contributed by atoms with E-state index in [1.165, 1.54) is 12.1 Å². The van der Waals surface area contributed by atoms with Gasteiger partial charge in [-0.3, -0.25) is 0 Å².